The van der Waals surface area contributed by atoms with Crippen molar-refractivity contribution >= 4 is 23.2 Å². The molecule has 132 valence electrons. The average Bonchev–Trinajstić information content (AvgIpc) is 2.55. The van der Waals surface area contributed by atoms with Crippen LogP contribution < -0.4 is 15.4 Å². The summed E-state index contributed by atoms with van der Waals surface area (Å²) in [4.78, 5) is 23.8. The van der Waals surface area contributed by atoms with Crippen LogP contribution in [-0.4, -0.2) is 17.9 Å². The Balaban J connectivity index is 2.10. The Morgan fingerprint density at radius 3 is 2.48 bits per heavy atom. The fourth-order valence-corrected chi connectivity index (χ4v) is 2.42. The smallest absolute Gasteiger partial charge is 0.265 e. The predicted octanol–water partition coefficient (Wildman–Crippen LogP) is 4.06. The van der Waals surface area contributed by atoms with Crippen molar-refractivity contribution < 1.29 is 14.3 Å². The number of benzene rings is 2. The van der Waals surface area contributed by atoms with Crippen LogP contribution in [0.1, 0.15) is 31.4 Å². The third kappa shape index (κ3) is 5.35. The van der Waals surface area contributed by atoms with Gasteiger partial charge < -0.3 is 15.4 Å². The summed E-state index contributed by atoms with van der Waals surface area (Å²) in [6.45, 7) is 7.22. The van der Waals surface area contributed by atoms with Crippen LogP contribution in [0.25, 0.3) is 0 Å². The molecule has 0 aliphatic carbocycles. The van der Waals surface area contributed by atoms with Crippen LogP contribution in [0.15, 0.2) is 42.5 Å². The third-order valence-corrected chi connectivity index (χ3v) is 3.75. The maximum Gasteiger partial charge on any atom is 0.265 e. The maximum atomic E-state index is 12.5. The van der Waals surface area contributed by atoms with Crippen LogP contribution in [0.4, 0.5) is 11.4 Å². The van der Waals surface area contributed by atoms with Gasteiger partial charge in [0.2, 0.25) is 5.91 Å². The largest absolute Gasteiger partial charge is 0.481 e. The number of carbonyl (C=O) groups is 2. The van der Waals surface area contributed by atoms with Crippen molar-refractivity contribution in [3.63, 3.8) is 0 Å². The Kier molecular flexibility index (Phi) is 6.17. The average molecular weight is 340 g/mol. The number of nitrogens with one attached hydrogen (secondary N) is 2. The molecule has 0 fully saturated rings. The number of carbonyl (C=O) groups excluding carboxylic acids is 2. The first-order valence-corrected chi connectivity index (χ1v) is 8.31. The molecule has 5 nitrogen and oxygen atoms in total. The number of aryl methyl sites for hydroxylation is 2. The number of amides is 2. The Hall–Kier alpha value is -2.82. The molecule has 0 saturated carbocycles. The standard InChI is InChI=1S/C20H24N2O3/c1-5-19(25-17-8-6-7-13(2)11-17)20(24)22-16-10-9-14(3)18(12-16)21-15(4)23/h6-12,19H,5H2,1-4H3,(H,21,23)(H,22,24). The second-order valence-corrected chi connectivity index (χ2v) is 6.03. The molecule has 0 radical (unpaired) electrons. The highest BCUT2D eigenvalue weighted by Gasteiger charge is 2.19. The van der Waals surface area contributed by atoms with Gasteiger partial charge in [0, 0.05) is 18.3 Å². The van der Waals surface area contributed by atoms with E-state index >= 15 is 0 Å². The molecular formula is C20H24N2O3. The van der Waals surface area contributed by atoms with E-state index in [4.69, 9.17) is 4.74 Å². The molecule has 0 bridgehead atoms. The zero-order valence-corrected chi connectivity index (χ0v) is 15.1. The molecule has 0 saturated heterocycles. The molecule has 1 atom stereocenters. The molecule has 0 aliphatic heterocycles. The second kappa shape index (κ2) is 8.33. The van der Waals surface area contributed by atoms with Crippen LogP contribution in [0, 0.1) is 13.8 Å². The SMILES string of the molecule is CCC(Oc1cccc(C)c1)C(=O)Nc1ccc(C)c(NC(C)=O)c1. The molecule has 25 heavy (non-hydrogen) atoms. The molecule has 0 spiro atoms. The minimum atomic E-state index is -0.590. The number of rotatable bonds is 6. The fourth-order valence-electron chi connectivity index (χ4n) is 2.42. The molecule has 1 unspecified atom stereocenters. The van der Waals surface area contributed by atoms with Crippen molar-refractivity contribution in [2.24, 2.45) is 0 Å². The van der Waals surface area contributed by atoms with Crippen molar-refractivity contribution in [2.75, 3.05) is 10.6 Å². The van der Waals surface area contributed by atoms with E-state index in [2.05, 4.69) is 10.6 Å². The lowest BCUT2D eigenvalue weighted by Crippen LogP contribution is -2.32. The van der Waals surface area contributed by atoms with E-state index in [1.165, 1.54) is 6.92 Å². The molecule has 0 heterocycles. The van der Waals surface area contributed by atoms with Crippen molar-refractivity contribution in [1.29, 1.82) is 0 Å². The van der Waals surface area contributed by atoms with Gasteiger partial charge in [0.25, 0.3) is 5.91 Å². The van der Waals surface area contributed by atoms with Crippen LogP contribution in [0.3, 0.4) is 0 Å². The second-order valence-electron chi connectivity index (χ2n) is 6.03. The molecule has 2 aromatic carbocycles. The highest BCUT2D eigenvalue weighted by molar-refractivity contribution is 5.96. The van der Waals surface area contributed by atoms with E-state index in [9.17, 15) is 9.59 Å². The lowest BCUT2D eigenvalue weighted by atomic mass is 10.1. The first-order chi connectivity index (χ1) is 11.9. The molecule has 2 amide bonds. The zero-order chi connectivity index (χ0) is 18.4. The van der Waals surface area contributed by atoms with Gasteiger partial charge in [0.05, 0.1) is 0 Å². The number of hydrogen-bond acceptors (Lipinski definition) is 3. The number of hydrogen-bond donors (Lipinski definition) is 2. The third-order valence-electron chi connectivity index (χ3n) is 3.75. The van der Waals surface area contributed by atoms with E-state index < -0.39 is 6.10 Å². The van der Waals surface area contributed by atoms with Gasteiger partial charge in [-0.1, -0.05) is 25.1 Å². The van der Waals surface area contributed by atoms with E-state index in [1.807, 2.05) is 51.1 Å². The molecule has 2 aromatic rings. The maximum absolute atomic E-state index is 12.5. The van der Waals surface area contributed by atoms with Crippen LogP contribution in [0.5, 0.6) is 5.75 Å². The topological polar surface area (TPSA) is 67.4 Å². The van der Waals surface area contributed by atoms with Crippen LogP contribution >= 0.6 is 0 Å². The summed E-state index contributed by atoms with van der Waals surface area (Å²) in [7, 11) is 0. The highest BCUT2D eigenvalue weighted by Crippen LogP contribution is 2.21. The Morgan fingerprint density at radius 2 is 1.84 bits per heavy atom. The Bertz CT molecular complexity index is 771. The summed E-state index contributed by atoms with van der Waals surface area (Å²) in [6.07, 6.45) is -0.0446. The van der Waals surface area contributed by atoms with Gasteiger partial charge in [-0.3, -0.25) is 9.59 Å². The lowest BCUT2D eigenvalue weighted by Gasteiger charge is -2.18. The number of ether oxygens (including phenoxy) is 1. The minimum absolute atomic E-state index is 0.152. The first-order valence-electron chi connectivity index (χ1n) is 8.31. The first kappa shape index (κ1) is 18.5. The fraction of sp³-hybridized carbons (Fsp3) is 0.300. The normalized spacial score (nSPS) is 11.5. The van der Waals surface area contributed by atoms with Gasteiger partial charge in [0.1, 0.15) is 5.75 Å². The molecule has 2 N–H and O–H groups in total. The van der Waals surface area contributed by atoms with Gasteiger partial charge in [-0.25, -0.2) is 0 Å². The van der Waals surface area contributed by atoms with Crippen molar-refractivity contribution in [3.8, 4) is 5.75 Å². The number of anilines is 2. The summed E-state index contributed by atoms with van der Waals surface area (Å²) >= 11 is 0. The van der Waals surface area contributed by atoms with Gasteiger partial charge in [-0.2, -0.15) is 0 Å². The lowest BCUT2D eigenvalue weighted by molar-refractivity contribution is -0.122. The summed E-state index contributed by atoms with van der Waals surface area (Å²) < 4.78 is 5.82. The van der Waals surface area contributed by atoms with Gasteiger partial charge in [0.15, 0.2) is 6.10 Å². The minimum Gasteiger partial charge on any atom is -0.481 e. The molecule has 2 rings (SSSR count). The van der Waals surface area contributed by atoms with E-state index in [-0.39, 0.29) is 11.8 Å². The molecule has 0 aromatic heterocycles. The van der Waals surface area contributed by atoms with Crippen molar-refractivity contribution in [2.45, 2.75) is 40.2 Å². The van der Waals surface area contributed by atoms with E-state index in [0.717, 1.165) is 11.1 Å². The summed E-state index contributed by atoms with van der Waals surface area (Å²) in [6, 6.07) is 13.0. The van der Waals surface area contributed by atoms with Crippen LogP contribution in [0.2, 0.25) is 0 Å². The summed E-state index contributed by atoms with van der Waals surface area (Å²) in [5.74, 6) is 0.298. The zero-order valence-electron chi connectivity index (χ0n) is 15.1. The quantitative estimate of drug-likeness (QED) is 0.833. The molecular weight excluding hydrogens is 316 g/mol. The van der Waals surface area contributed by atoms with E-state index in [0.29, 0.717) is 23.5 Å². The predicted molar refractivity (Wildman–Crippen MR) is 100.0 cm³/mol. The van der Waals surface area contributed by atoms with E-state index in [1.54, 1.807) is 12.1 Å². The molecule has 5 heteroatoms. The Morgan fingerprint density at radius 1 is 1.08 bits per heavy atom. The van der Waals surface area contributed by atoms with Gasteiger partial charge in [-0.15, -0.1) is 0 Å². The van der Waals surface area contributed by atoms with Gasteiger partial charge >= 0.3 is 0 Å². The summed E-state index contributed by atoms with van der Waals surface area (Å²) in [5.41, 5.74) is 3.30. The van der Waals surface area contributed by atoms with Crippen LogP contribution in [-0.2, 0) is 9.59 Å². The summed E-state index contributed by atoms with van der Waals surface area (Å²) in [5, 5.41) is 5.61. The van der Waals surface area contributed by atoms with Crippen molar-refractivity contribution in [3.05, 3.63) is 53.6 Å². The Labute approximate surface area is 148 Å². The highest BCUT2D eigenvalue weighted by atomic mass is 16.5. The van der Waals surface area contributed by atoms with Crippen molar-refractivity contribution in [1.82, 2.24) is 0 Å². The monoisotopic (exact) mass is 340 g/mol. The van der Waals surface area contributed by atoms with Gasteiger partial charge in [-0.05, 0) is 55.7 Å². The molecule has 0 aliphatic rings.